The maximum absolute atomic E-state index is 5.59. The van der Waals surface area contributed by atoms with Crippen LogP contribution in [0.15, 0.2) is 63.4 Å². The summed E-state index contributed by atoms with van der Waals surface area (Å²) in [5, 5.41) is 0. The Morgan fingerprint density at radius 3 is 2.81 bits per heavy atom. The fourth-order valence-corrected chi connectivity index (χ4v) is 5.99. The number of benzene rings is 1. The average molecular weight is 365 g/mol. The van der Waals surface area contributed by atoms with E-state index >= 15 is 0 Å². The number of rotatable bonds is 5. The third-order valence-electron chi connectivity index (χ3n) is 6.15. The topological polar surface area (TPSA) is 24.7 Å². The molecule has 3 aliphatic rings. The van der Waals surface area contributed by atoms with Gasteiger partial charge in [0.15, 0.2) is 0 Å². The van der Waals surface area contributed by atoms with E-state index in [0.717, 1.165) is 18.7 Å². The van der Waals surface area contributed by atoms with Crippen LogP contribution >= 0.6 is 11.8 Å². The lowest BCUT2D eigenvalue weighted by atomic mass is 9.69. The van der Waals surface area contributed by atoms with Gasteiger partial charge in [-0.05, 0) is 23.3 Å². The number of hydrogen-bond donors (Lipinski definition) is 0. The zero-order valence-electron chi connectivity index (χ0n) is 15.8. The first-order valence-electron chi connectivity index (χ1n) is 9.91. The lowest BCUT2D eigenvalue weighted by molar-refractivity contribution is 0.409. The van der Waals surface area contributed by atoms with Gasteiger partial charge in [0.05, 0.1) is 23.2 Å². The van der Waals surface area contributed by atoms with E-state index in [1.807, 2.05) is 11.8 Å². The van der Waals surface area contributed by atoms with E-state index in [-0.39, 0.29) is 11.0 Å². The third kappa shape index (κ3) is 2.81. The Kier molecular flexibility index (Phi) is 4.92. The normalized spacial score (nSPS) is 32.5. The molecule has 2 aliphatic heterocycles. The minimum Gasteiger partial charge on any atom is -0.295 e. The van der Waals surface area contributed by atoms with Crippen LogP contribution in [0.5, 0.6) is 0 Å². The van der Waals surface area contributed by atoms with Crippen molar-refractivity contribution in [2.75, 3.05) is 12.3 Å². The smallest absolute Gasteiger partial charge is 0.0742 e. The summed E-state index contributed by atoms with van der Waals surface area (Å²) in [5.74, 6) is 1.40. The standard InChI is InChI=1S/C23H28N2S/c1-3-5-14-22(4-2)17-26-20-13-9-12-19-15-24-16-23(19,20)21(25-22)18-10-7-6-8-11-18/h6-13,15,19H,3-5,14,16-17H2,1-2H3. The van der Waals surface area contributed by atoms with E-state index in [9.17, 15) is 0 Å². The highest BCUT2D eigenvalue weighted by Gasteiger charge is 2.52. The van der Waals surface area contributed by atoms with Gasteiger partial charge in [-0.25, -0.2) is 0 Å². The van der Waals surface area contributed by atoms with Crippen molar-refractivity contribution in [3.63, 3.8) is 0 Å². The molecule has 1 aromatic carbocycles. The Balaban J connectivity index is 1.90. The highest BCUT2D eigenvalue weighted by atomic mass is 32.2. The van der Waals surface area contributed by atoms with E-state index in [1.165, 1.54) is 35.4 Å². The molecule has 3 heteroatoms. The molecule has 2 nitrogen and oxygen atoms in total. The van der Waals surface area contributed by atoms with Crippen LogP contribution in [-0.4, -0.2) is 29.8 Å². The predicted octanol–water partition coefficient (Wildman–Crippen LogP) is 5.70. The van der Waals surface area contributed by atoms with E-state index in [1.54, 1.807) is 0 Å². The van der Waals surface area contributed by atoms with Crippen molar-refractivity contribution >= 4 is 23.7 Å². The monoisotopic (exact) mass is 364 g/mol. The molecular formula is C23H28N2S. The van der Waals surface area contributed by atoms with Gasteiger partial charge in [-0.1, -0.05) is 75.2 Å². The van der Waals surface area contributed by atoms with E-state index < -0.39 is 0 Å². The van der Waals surface area contributed by atoms with Gasteiger partial charge in [0.1, 0.15) is 0 Å². The van der Waals surface area contributed by atoms with Crippen LogP contribution in [0.25, 0.3) is 0 Å². The van der Waals surface area contributed by atoms with Crippen molar-refractivity contribution in [2.24, 2.45) is 21.3 Å². The van der Waals surface area contributed by atoms with Gasteiger partial charge >= 0.3 is 0 Å². The third-order valence-corrected chi connectivity index (χ3v) is 7.64. The van der Waals surface area contributed by atoms with Crippen LogP contribution in [-0.2, 0) is 0 Å². The van der Waals surface area contributed by atoms with Gasteiger partial charge in [-0.15, -0.1) is 11.8 Å². The molecule has 0 saturated carbocycles. The van der Waals surface area contributed by atoms with Crippen LogP contribution in [0, 0.1) is 11.3 Å². The van der Waals surface area contributed by atoms with E-state index in [2.05, 4.69) is 68.6 Å². The Morgan fingerprint density at radius 1 is 1.19 bits per heavy atom. The van der Waals surface area contributed by atoms with Gasteiger partial charge in [-0.2, -0.15) is 0 Å². The fourth-order valence-electron chi connectivity index (χ4n) is 4.43. The largest absolute Gasteiger partial charge is 0.295 e. The summed E-state index contributed by atoms with van der Waals surface area (Å²) >= 11 is 2.03. The molecule has 1 aromatic rings. The first kappa shape index (κ1) is 17.8. The second-order valence-corrected chi connectivity index (χ2v) is 8.72. The molecule has 0 amide bonds. The van der Waals surface area contributed by atoms with Crippen molar-refractivity contribution in [3.8, 4) is 0 Å². The molecule has 26 heavy (non-hydrogen) atoms. The quantitative estimate of drug-likeness (QED) is 0.657. The molecule has 0 bridgehead atoms. The maximum Gasteiger partial charge on any atom is 0.0742 e. The van der Waals surface area contributed by atoms with E-state index in [0.29, 0.717) is 5.92 Å². The van der Waals surface area contributed by atoms with Crippen LogP contribution < -0.4 is 0 Å². The van der Waals surface area contributed by atoms with Gasteiger partial charge < -0.3 is 0 Å². The molecule has 136 valence electrons. The summed E-state index contributed by atoms with van der Waals surface area (Å²) in [6, 6.07) is 10.8. The lowest BCUT2D eigenvalue weighted by Gasteiger charge is -2.37. The summed E-state index contributed by atoms with van der Waals surface area (Å²) in [6.45, 7) is 5.41. The minimum absolute atomic E-state index is 0.0337. The molecule has 0 saturated heterocycles. The summed E-state index contributed by atoms with van der Waals surface area (Å²) in [7, 11) is 0. The Hall–Kier alpha value is -1.61. The minimum atomic E-state index is -0.0933. The summed E-state index contributed by atoms with van der Waals surface area (Å²) in [5.41, 5.74) is 2.47. The number of unbranched alkanes of at least 4 members (excludes halogenated alkanes) is 1. The van der Waals surface area contributed by atoms with E-state index in [4.69, 9.17) is 9.98 Å². The number of nitrogens with zero attached hydrogens (tertiary/aromatic N) is 2. The molecule has 1 aliphatic carbocycles. The summed E-state index contributed by atoms with van der Waals surface area (Å²) < 4.78 is 0. The lowest BCUT2D eigenvalue weighted by Crippen LogP contribution is -2.41. The summed E-state index contributed by atoms with van der Waals surface area (Å²) in [4.78, 5) is 11.8. The Morgan fingerprint density at radius 2 is 2.04 bits per heavy atom. The van der Waals surface area contributed by atoms with Crippen molar-refractivity contribution in [3.05, 3.63) is 59.0 Å². The molecule has 3 unspecified atom stereocenters. The molecule has 4 rings (SSSR count). The first-order chi connectivity index (χ1) is 12.7. The molecule has 2 heterocycles. The SMILES string of the molecule is CCCCC1(CC)CSC2=CC=CC3C=NCC23C(c2ccccc2)=N1. The molecule has 3 atom stereocenters. The van der Waals surface area contributed by atoms with Gasteiger partial charge in [0.25, 0.3) is 0 Å². The number of aliphatic imine (C=N–C) groups is 2. The van der Waals surface area contributed by atoms with Gasteiger partial charge in [0, 0.05) is 17.9 Å². The molecular weight excluding hydrogens is 336 g/mol. The molecule has 0 N–H and O–H groups in total. The van der Waals surface area contributed by atoms with Crippen molar-refractivity contribution in [1.29, 1.82) is 0 Å². The fraction of sp³-hybridized carbons (Fsp3) is 0.478. The van der Waals surface area contributed by atoms with Gasteiger partial charge in [-0.3, -0.25) is 9.98 Å². The molecule has 0 aromatic heterocycles. The highest BCUT2D eigenvalue weighted by molar-refractivity contribution is 8.03. The highest BCUT2D eigenvalue weighted by Crippen LogP contribution is 2.53. The average Bonchev–Trinajstić information content (AvgIpc) is 3.07. The number of hydrogen-bond acceptors (Lipinski definition) is 3. The van der Waals surface area contributed by atoms with Crippen molar-refractivity contribution in [2.45, 2.75) is 45.1 Å². The van der Waals surface area contributed by atoms with Crippen molar-refractivity contribution < 1.29 is 0 Å². The number of thioether (sulfide) groups is 1. The second kappa shape index (κ2) is 7.19. The van der Waals surface area contributed by atoms with Crippen LogP contribution in [0.3, 0.4) is 0 Å². The second-order valence-electron chi connectivity index (χ2n) is 7.70. The molecule has 0 fully saturated rings. The predicted molar refractivity (Wildman–Crippen MR) is 114 cm³/mol. The van der Waals surface area contributed by atoms with Crippen LogP contribution in [0.1, 0.15) is 45.1 Å². The molecule has 1 spiro atoms. The van der Waals surface area contributed by atoms with Crippen molar-refractivity contribution in [1.82, 2.24) is 0 Å². The summed E-state index contributed by atoms with van der Waals surface area (Å²) in [6.07, 6.45) is 13.7. The Bertz CT molecular complexity index is 777. The zero-order valence-corrected chi connectivity index (χ0v) is 16.6. The molecule has 0 radical (unpaired) electrons. The zero-order chi connectivity index (χ0) is 18.0. The number of allylic oxidation sites excluding steroid dienone is 3. The first-order valence-corrected chi connectivity index (χ1v) is 10.9. The van der Waals surface area contributed by atoms with Crippen LogP contribution in [0.4, 0.5) is 0 Å². The van der Waals surface area contributed by atoms with Gasteiger partial charge in [0.2, 0.25) is 0 Å². The van der Waals surface area contributed by atoms with Crippen LogP contribution in [0.2, 0.25) is 0 Å². The maximum atomic E-state index is 5.59. The Labute approximate surface area is 161 Å².